The average molecular weight is 306 g/mol. The topological polar surface area (TPSA) is 173 Å². The predicted octanol–water partition coefficient (Wildman–Crippen LogP) is -1.67. The van der Waals surface area contributed by atoms with Gasteiger partial charge < -0.3 is 0 Å². The van der Waals surface area contributed by atoms with E-state index in [9.17, 15) is 9.59 Å². The second-order valence-electron chi connectivity index (χ2n) is 4.20. The van der Waals surface area contributed by atoms with Crippen LogP contribution in [-0.4, -0.2) is 32.0 Å². The third-order valence-corrected chi connectivity index (χ3v) is 2.84. The maximum Gasteiger partial charge on any atom is 0.288 e. The lowest BCUT2D eigenvalue weighted by atomic mass is 10.2. The second kappa shape index (κ2) is 6.62. The Hall–Kier alpha value is -3.02. The molecule has 0 saturated carbocycles. The van der Waals surface area contributed by atoms with E-state index >= 15 is 0 Å². The summed E-state index contributed by atoms with van der Waals surface area (Å²) in [5.74, 6) is 8.66. The predicted molar refractivity (Wildman–Crippen MR) is 74.3 cm³/mol. The summed E-state index contributed by atoms with van der Waals surface area (Å²) in [6.45, 7) is 0.166. The van der Waals surface area contributed by atoms with Crippen molar-refractivity contribution in [2.45, 2.75) is 6.54 Å². The van der Waals surface area contributed by atoms with E-state index in [4.69, 9.17) is 16.9 Å². The molecule has 116 valence electrons. The van der Waals surface area contributed by atoms with Crippen molar-refractivity contribution in [2.75, 3.05) is 5.48 Å². The molecule has 11 heteroatoms. The first-order chi connectivity index (χ1) is 10.6. The molecule has 0 bridgehead atoms. The van der Waals surface area contributed by atoms with Crippen molar-refractivity contribution in [1.29, 1.82) is 0 Å². The molecule has 2 rings (SSSR count). The highest BCUT2D eigenvalue weighted by Gasteiger charge is 2.24. The summed E-state index contributed by atoms with van der Waals surface area (Å²) in [7, 11) is 0. The number of aromatic nitrogens is 3. The Labute approximate surface area is 124 Å². The molecule has 22 heavy (non-hydrogen) atoms. The van der Waals surface area contributed by atoms with Gasteiger partial charge in [-0.2, -0.15) is 0 Å². The molecule has 1 aromatic carbocycles. The second-order valence-corrected chi connectivity index (χ2v) is 4.20. The first-order valence-corrected chi connectivity index (χ1v) is 6.05. The highest BCUT2D eigenvalue weighted by molar-refractivity contribution is 6.04. The number of hydrogen-bond acceptors (Lipinski definition) is 8. The van der Waals surface area contributed by atoms with Gasteiger partial charge in [0.15, 0.2) is 11.4 Å². The molecule has 0 fully saturated rings. The van der Waals surface area contributed by atoms with Gasteiger partial charge in [-0.05, 0) is 17.7 Å². The van der Waals surface area contributed by atoms with Crippen LogP contribution < -0.4 is 28.0 Å². The van der Waals surface area contributed by atoms with Gasteiger partial charge in [0.05, 0.1) is 12.2 Å². The van der Waals surface area contributed by atoms with Crippen LogP contribution in [0.25, 0.3) is 0 Å². The molecular formula is C11H14N8O3. The Morgan fingerprint density at radius 3 is 2.32 bits per heavy atom. The van der Waals surface area contributed by atoms with Crippen molar-refractivity contribution in [3.05, 3.63) is 41.2 Å². The van der Waals surface area contributed by atoms with E-state index in [1.165, 1.54) is 4.68 Å². The first-order valence-electron chi connectivity index (χ1n) is 6.05. The third kappa shape index (κ3) is 3.01. The van der Waals surface area contributed by atoms with E-state index in [0.717, 1.165) is 5.56 Å². The summed E-state index contributed by atoms with van der Waals surface area (Å²) in [5.41, 5.74) is 6.72. The van der Waals surface area contributed by atoms with Gasteiger partial charge in [0.25, 0.3) is 11.8 Å². The zero-order valence-corrected chi connectivity index (χ0v) is 11.3. The van der Waals surface area contributed by atoms with Crippen LogP contribution in [0.4, 0.5) is 5.69 Å². The highest BCUT2D eigenvalue weighted by Crippen LogP contribution is 2.12. The van der Waals surface area contributed by atoms with Crippen molar-refractivity contribution >= 4 is 17.5 Å². The molecule has 0 aliphatic heterocycles. The van der Waals surface area contributed by atoms with Crippen molar-refractivity contribution in [2.24, 2.45) is 11.7 Å². The van der Waals surface area contributed by atoms with E-state index < -0.39 is 11.8 Å². The number of nitrogens with two attached hydrogens (primary N) is 2. The zero-order valence-electron chi connectivity index (χ0n) is 11.3. The molecule has 11 nitrogen and oxygen atoms in total. The summed E-state index contributed by atoms with van der Waals surface area (Å²) in [5, 5.41) is 16.2. The molecule has 8 N–H and O–H groups in total. The van der Waals surface area contributed by atoms with Gasteiger partial charge in [-0.25, -0.2) is 16.4 Å². The zero-order chi connectivity index (χ0) is 16.1. The number of nitrogen functional groups attached to an aromatic ring is 2. The highest BCUT2D eigenvalue weighted by atomic mass is 16.5. The summed E-state index contributed by atoms with van der Waals surface area (Å²) in [6.07, 6.45) is 0. The minimum Gasteiger partial charge on any atom is -0.291 e. The van der Waals surface area contributed by atoms with Gasteiger partial charge in [-0.15, -0.1) is 5.10 Å². The SMILES string of the molecule is NNC(=O)c1nnn(Cc2ccc(NO)cc2)c1C(=O)NN. The van der Waals surface area contributed by atoms with Gasteiger partial charge in [-0.1, -0.05) is 17.3 Å². The molecule has 0 spiro atoms. The van der Waals surface area contributed by atoms with E-state index in [0.29, 0.717) is 5.69 Å². The normalized spacial score (nSPS) is 10.1. The Kier molecular flexibility index (Phi) is 4.63. The summed E-state index contributed by atoms with van der Waals surface area (Å²) >= 11 is 0. The number of amides is 2. The largest absolute Gasteiger partial charge is 0.291 e. The summed E-state index contributed by atoms with van der Waals surface area (Å²) < 4.78 is 1.22. The van der Waals surface area contributed by atoms with Crippen LogP contribution in [0.15, 0.2) is 24.3 Å². The number of carbonyl (C=O) groups excluding carboxylic acids is 2. The van der Waals surface area contributed by atoms with Crippen LogP contribution in [0.5, 0.6) is 0 Å². The number of anilines is 1. The fraction of sp³-hybridized carbons (Fsp3) is 0.0909. The van der Waals surface area contributed by atoms with Gasteiger partial charge in [0.1, 0.15) is 0 Å². The van der Waals surface area contributed by atoms with Crippen molar-refractivity contribution in [3.63, 3.8) is 0 Å². The Morgan fingerprint density at radius 1 is 1.14 bits per heavy atom. The molecule has 0 saturated heterocycles. The first kappa shape index (κ1) is 15.4. The van der Waals surface area contributed by atoms with Crippen molar-refractivity contribution < 1.29 is 14.8 Å². The van der Waals surface area contributed by atoms with E-state index in [1.54, 1.807) is 24.3 Å². The smallest absolute Gasteiger partial charge is 0.288 e. The molecule has 1 aromatic heterocycles. The lowest BCUT2D eigenvalue weighted by Crippen LogP contribution is -2.36. The average Bonchev–Trinajstić information content (AvgIpc) is 2.97. The lowest BCUT2D eigenvalue weighted by Gasteiger charge is -2.07. The van der Waals surface area contributed by atoms with E-state index in [-0.39, 0.29) is 17.9 Å². The third-order valence-electron chi connectivity index (χ3n) is 2.84. The molecule has 1 heterocycles. The van der Waals surface area contributed by atoms with E-state index in [2.05, 4.69) is 10.3 Å². The van der Waals surface area contributed by atoms with Gasteiger partial charge in [0, 0.05) is 0 Å². The molecule has 2 amide bonds. The minimum absolute atomic E-state index is 0.116. The number of carbonyl (C=O) groups is 2. The summed E-state index contributed by atoms with van der Waals surface area (Å²) in [4.78, 5) is 23.4. The van der Waals surface area contributed by atoms with E-state index in [1.807, 2.05) is 16.3 Å². The molecule has 0 aliphatic rings. The number of nitrogens with zero attached hydrogens (tertiary/aromatic N) is 3. The Bertz CT molecular complexity index is 681. The maximum absolute atomic E-state index is 11.8. The molecule has 2 aromatic rings. The van der Waals surface area contributed by atoms with Gasteiger partial charge in [0.2, 0.25) is 0 Å². The number of rotatable bonds is 5. The molecular weight excluding hydrogens is 292 g/mol. The van der Waals surface area contributed by atoms with Crippen LogP contribution in [0.2, 0.25) is 0 Å². The van der Waals surface area contributed by atoms with Crippen LogP contribution in [-0.2, 0) is 6.54 Å². The fourth-order valence-electron chi connectivity index (χ4n) is 1.80. The number of benzene rings is 1. The Morgan fingerprint density at radius 2 is 1.77 bits per heavy atom. The molecule has 0 atom stereocenters. The minimum atomic E-state index is -0.760. The van der Waals surface area contributed by atoms with Crippen LogP contribution in [0, 0.1) is 0 Å². The van der Waals surface area contributed by atoms with Crippen LogP contribution in [0.3, 0.4) is 0 Å². The quantitative estimate of drug-likeness (QED) is 0.216. The standard InChI is InChI=1S/C11H14N8O3/c12-14-10(20)8-9(11(21)15-13)19(18-16-8)5-6-1-3-7(17-22)4-2-6/h1-4,17,22H,5,12-13H2,(H,14,20)(H,15,21). The number of hydrogen-bond donors (Lipinski definition) is 6. The Balaban J connectivity index is 2.35. The molecule has 0 unspecified atom stereocenters. The van der Waals surface area contributed by atoms with Crippen LogP contribution in [0.1, 0.15) is 26.5 Å². The molecule has 0 aliphatic carbocycles. The summed E-state index contributed by atoms with van der Waals surface area (Å²) in [6, 6.07) is 6.66. The van der Waals surface area contributed by atoms with Crippen molar-refractivity contribution in [1.82, 2.24) is 25.8 Å². The maximum atomic E-state index is 11.8. The van der Waals surface area contributed by atoms with Crippen molar-refractivity contribution in [3.8, 4) is 0 Å². The number of hydrazine groups is 2. The number of nitrogens with one attached hydrogen (secondary N) is 3. The molecule has 0 radical (unpaired) electrons. The lowest BCUT2D eigenvalue weighted by molar-refractivity contribution is 0.0911. The van der Waals surface area contributed by atoms with Gasteiger partial charge >= 0.3 is 0 Å². The van der Waals surface area contributed by atoms with Gasteiger partial charge in [-0.3, -0.25) is 31.1 Å². The fourth-order valence-corrected chi connectivity index (χ4v) is 1.80. The van der Waals surface area contributed by atoms with Crippen LogP contribution >= 0.6 is 0 Å². The monoisotopic (exact) mass is 306 g/mol.